The van der Waals surface area contributed by atoms with Crippen molar-refractivity contribution in [2.24, 2.45) is 7.05 Å². The molecule has 0 saturated heterocycles. The number of rotatable bonds is 4. The quantitative estimate of drug-likeness (QED) is 0.899. The van der Waals surface area contributed by atoms with E-state index in [2.05, 4.69) is 5.10 Å². The molecule has 6 heteroatoms. The molecule has 0 bridgehead atoms. The molecule has 0 radical (unpaired) electrons. The van der Waals surface area contributed by atoms with E-state index in [1.165, 1.54) is 22.9 Å². The Morgan fingerprint density at radius 2 is 2.28 bits per heavy atom. The largest absolute Gasteiger partial charge is 0.478 e. The number of benzene rings is 1. The number of nitrogens with zero attached hydrogens (tertiary/aromatic N) is 2. The number of carboxylic acid groups (broad SMARTS) is 1. The molecule has 94 valence electrons. The first-order valence-corrected chi connectivity index (χ1v) is 5.21. The van der Waals surface area contributed by atoms with Gasteiger partial charge < -0.3 is 9.84 Å². The number of aromatic carboxylic acids is 1. The van der Waals surface area contributed by atoms with E-state index in [0.717, 1.165) is 0 Å². The zero-order valence-electron chi connectivity index (χ0n) is 9.63. The maximum Gasteiger partial charge on any atom is 0.336 e. The topological polar surface area (TPSA) is 64.3 Å². The zero-order chi connectivity index (χ0) is 13.1. The summed E-state index contributed by atoms with van der Waals surface area (Å²) >= 11 is 0. The fraction of sp³-hybridized carbons (Fsp3) is 0.167. The molecule has 0 amide bonds. The van der Waals surface area contributed by atoms with Gasteiger partial charge in [-0.25, -0.2) is 9.18 Å². The molecule has 0 aliphatic carbocycles. The minimum Gasteiger partial charge on any atom is -0.478 e. The van der Waals surface area contributed by atoms with Crippen LogP contribution in [-0.4, -0.2) is 20.9 Å². The van der Waals surface area contributed by atoms with Gasteiger partial charge in [0.2, 0.25) is 5.88 Å². The Morgan fingerprint density at radius 3 is 2.89 bits per heavy atom. The second-order valence-corrected chi connectivity index (χ2v) is 3.69. The van der Waals surface area contributed by atoms with Crippen LogP contribution in [0.3, 0.4) is 0 Å². The summed E-state index contributed by atoms with van der Waals surface area (Å²) in [5.74, 6) is -1.47. The van der Waals surface area contributed by atoms with Crippen LogP contribution >= 0.6 is 0 Å². The lowest BCUT2D eigenvalue weighted by Crippen LogP contribution is -2.08. The number of hydrogen-bond acceptors (Lipinski definition) is 3. The van der Waals surface area contributed by atoms with Crippen LogP contribution in [0.1, 0.15) is 15.9 Å². The van der Waals surface area contributed by atoms with E-state index in [4.69, 9.17) is 9.84 Å². The van der Waals surface area contributed by atoms with Crippen LogP contribution in [0.15, 0.2) is 30.5 Å². The number of hydrogen-bond donors (Lipinski definition) is 1. The molecule has 1 heterocycles. The Labute approximate surface area is 102 Å². The highest BCUT2D eigenvalue weighted by molar-refractivity contribution is 5.89. The van der Waals surface area contributed by atoms with Crippen molar-refractivity contribution >= 4 is 5.97 Å². The predicted molar refractivity (Wildman–Crippen MR) is 60.9 cm³/mol. The van der Waals surface area contributed by atoms with Crippen LogP contribution in [0.25, 0.3) is 0 Å². The second kappa shape index (κ2) is 4.87. The molecule has 2 aromatic rings. The van der Waals surface area contributed by atoms with Crippen molar-refractivity contribution < 1.29 is 19.0 Å². The Balaban J connectivity index is 2.20. The van der Waals surface area contributed by atoms with Crippen LogP contribution in [0.4, 0.5) is 4.39 Å². The van der Waals surface area contributed by atoms with Crippen molar-refractivity contribution in [1.82, 2.24) is 9.78 Å². The van der Waals surface area contributed by atoms with Crippen molar-refractivity contribution in [3.8, 4) is 5.88 Å². The Hall–Kier alpha value is -2.37. The van der Waals surface area contributed by atoms with E-state index < -0.39 is 11.8 Å². The van der Waals surface area contributed by atoms with Crippen LogP contribution in [0, 0.1) is 5.82 Å². The van der Waals surface area contributed by atoms with Crippen molar-refractivity contribution in [1.29, 1.82) is 0 Å². The van der Waals surface area contributed by atoms with Crippen molar-refractivity contribution in [2.45, 2.75) is 6.61 Å². The smallest absolute Gasteiger partial charge is 0.336 e. The molecule has 0 spiro atoms. The fourth-order valence-corrected chi connectivity index (χ4v) is 1.52. The number of aryl methyl sites for hydroxylation is 1. The average Bonchev–Trinajstić information content (AvgIpc) is 2.73. The predicted octanol–water partition coefficient (Wildman–Crippen LogP) is 1.84. The van der Waals surface area contributed by atoms with E-state index >= 15 is 0 Å². The van der Waals surface area contributed by atoms with Gasteiger partial charge in [-0.1, -0.05) is 6.07 Å². The highest BCUT2D eigenvalue weighted by Gasteiger charge is 2.14. The van der Waals surface area contributed by atoms with Gasteiger partial charge in [0.15, 0.2) is 0 Å². The van der Waals surface area contributed by atoms with Crippen LogP contribution in [0.5, 0.6) is 5.88 Å². The van der Waals surface area contributed by atoms with Gasteiger partial charge >= 0.3 is 5.97 Å². The molecule has 1 aromatic heterocycles. The Kier molecular flexibility index (Phi) is 3.27. The standard InChI is InChI=1S/C12H11FN2O3/c1-15-6-5-11(14-15)18-7-9-8(12(16)17)3-2-4-10(9)13/h2-6H,7H2,1H3,(H,16,17). The molecule has 0 atom stereocenters. The first-order chi connectivity index (χ1) is 8.58. The number of halogens is 1. The van der Waals surface area contributed by atoms with Crippen molar-refractivity contribution in [2.75, 3.05) is 0 Å². The summed E-state index contributed by atoms with van der Waals surface area (Å²) in [4.78, 5) is 10.9. The first-order valence-electron chi connectivity index (χ1n) is 5.21. The Bertz CT molecular complexity index is 580. The third kappa shape index (κ3) is 2.48. The molecule has 0 saturated carbocycles. The SMILES string of the molecule is Cn1ccc(OCc2c(F)cccc2C(=O)O)n1. The van der Waals surface area contributed by atoms with Gasteiger partial charge in [0.25, 0.3) is 0 Å². The van der Waals surface area contributed by atoms with Gasteiger partial charge in [-0.2, -0.15) is 0 Å². The minimum atomic E-state index is -1.19. The molecule has 5 nitrogen and oxygen atoms in total. The monoisotopic (exact) mass is 250 g/mol. The molecule has 1 aromatic carbocycles. The normalized spacial score (nSPS) is 10.3. The fourth-order valence-electron chi connectivity index (χ4n) is 1.52. The molecule has 0 unspecified atom stereocenters. The molecule has 18 heavy (non-hydrogen) atoms. The summed E-state index contributed by atoms with van der Waals surface area (Å²) in [6.45, 7) is -0.175. The number of carbonyl (C=O) groups is 1. The van der Waals surface area contributed by atoms with Crippen LogP contribution in [-0.2, 0) is 13.7 Å². The lowest BCUT2D eigenvalue weighted by atomic mass is 10.1. The van der Waals surface area contributed by atoms with Gasteiger partial charge in [0, 0.05) is 24.9 Å². The summed E-state index contributed by atoms with van der Waals surface area (Å²) in [6, 6.07) is 5.50. The summed E-state index contributed by atoms with van der Waals surface area (Å²) in [5, 5.41) is 12.9. The van der Waals surface area contributed by atoms with E-state index in [-0.39, 0.29) is 17.7 Å². The summed E-state index contributed by atoms with van der Waals surface area (Å²) in [6.07, 6.45) is 1.68. The van der Waals surface area contributed by atoms with E-state index in [0.29, 0.717) is 5.88 Å². The van der Waals surface area contributed by atoms with Gasteiger partial charge in [-0.15, -0.1) is 5.10 Å². The molecular weight excluding hydrogens is 239 g/mol. The highest BCUT2D eigenvalue weighted by Crippen LogP contribution is 2.16. The van der Waals surface area contributed by atoms with E-state index in [1.54, 1.807) is 19.3 Å². The van der Waals surface area contributed by atoms with Gasteiger partial charge in [-0.05, 0) is 12.1 Å². The maximum atomic E-state index is 13.5. The number of carboxylic acids is 1. The van der Waals surface area contributed by atoms with Gasteiger partial charge in [-0.3, -0.25) is 4.68 Å². The molecule has 2 rings (SSSR count). The molecular formula is C12H11FN2O3. The van der Waals surface area contributed by atoms with Crippen molar-refractivity contribution in [3.63, 3.8) is 0 Å². The lowest BCUT2D eigenvalue weighted by Gasteiger charge is -2.07. The van der Waals surface area contributed by atoms with E-state index in [9.17, 15) is 9.18 Å². The van der Waals surface area contributed by atoms with E-state index in [1.807, 2.05) is 0 Å². The summed E-state index contributed by atoms with van der Waals surface area (Å²) in [5.41, 5.74) is -0.0958. The summed E-state index contributed by atoms with van der Waals surface area (Å²) < 4.78 is 20.3. The summed E-state index contributed by atoms with van der Waals surface area (Å²) in [7, 11) is 1.72. The average molecular weight is 250 g/mol. The molecule has 0 aliphatic heterocycles. The first kappa shape index (κ1) is 12.1. The number of ether oxygens (including phenoxy) is 1. The molecule has 1 N–H and O–H groups in total. The minimum absolute atomic E-state index is 0.00986. The lowest BCUT2D eigenvalue weighted by molar-refractivity contribution is 0.0693. The van der Waals surface area contributed by atoms with Gasteiger partial charge in [0.1, 0.15) is 12.4 Å². The molecule has 0 aliphatic rings. The zero-order valence-corrected chi connectivity index (χ0v) is 9.63. The highest BCUT2D eigenvalue weighted by atomic mass is 19.1. The van der Waals surface area contributed by atoms with Crippen LogP contribution < -0.4 is 4.74 Å². The second-order valence-electron chi connectivity index (χ2n) is 3.69. The Morgan fingerprint density at radius 1 is 1.50 bits per heavy atom. The molecule has 0 fully saturated rings. The number of aromatic nitrogens is 2. The van der Waals surface area contributed by atoms with Crippen LogP contribution in [0.2, 0.25) is 0 Å². The van der Waals surface area contributed by atoms with Crippen molar-refractivity contribution in [3.05, 3.63) is 47.4 Å². The third-order valence-electron chi connectivity index (χ3n) is 2.40. The third-order valence-corrected chi connectivity index (χ3v) is 2.40. The maximum absolute atomic E-state index is 13.5. The van der Waals surface area contributed by atoms with Gasteiger partial charge in [0.05, 0.1) is 5.56 Å².